The summed E-state index contributed by atoms with van der Waals surface area (Å²) in [6.45, 7) is 3.60. The van der Waals surface area contributed by atoms with Crippen LogP contribution in [0.15, 0.2) is 4.99 Å². The molecule has 0 aliphatic rings. The Labute approximate surface area is 192 Å². The minimum absolute atomic E-state index is 0.0749. The normalized spacial score (nSPS) is 14.6. The fraction of sp³-hybridized carbons (Fsp3) is 0.706. The zero-order chi connectivity index (χ0) is 24.1. The molecule has 0 aromatic heterocycles. The molecule has 14 heteroatoms. The number of hydrogen-bond donors (Lipinski definition) is 9. The molecule has 0 spiro atoms. The first-order valence-corrected chi connectivity index (χ1v) is 10.9. The largest absolute Gasteiger partial charge is 0.480 e. The van der Waals surface area contributed by atoms with Crippen LogP contribution in [0, 0.1) is 5.92 Å². The minimum atomic E-state index is -1.25. The van der Waals surface area contributed by atoms with E-state index in [9.17, 15) is 19.2 Å². The number of aliphatic imine (C=N–C) groups is 1. The Hall–Kier alpha value is -2.19. The van der Waals surface area contributed by atoms with Gasteiger partial charge in [0.05, 0.1) is 6.04 Å². The summed E-state index contributed by atoms with van der Waals surface area (Å²) in [5.74, 6) is -3.65. The predicted octanol–water partition coefficient (Wildman–Crippen LogP) is -2.58. The van der Waals surface area contributed by atoms with E-state index in [1.54, 1.807) is 13.8 Å². The fourth-order valence-electron chi connectivity index (χ4n) is 2.37. The van der Waals surface area contributed by atoms with Gasteiger partial charge in [-0.25, -0.2) is 4.79 Å². The van der Waals surface area contributed by atoms with Crippen LogP contribution in [-0.4, -0.2) is 77.0 Å². The first-order valence-electron chi connectivity index (χ1n) is 9.61. The quantitative estimate of drug-likeness (QED) is 0.0557. The van der Waals surface area contributed by atoms with Gasteiger partial charge in [-0.2, -0.15) is 25.3 Å². The third-order valence-electron chi connectivity index (χ3n) is 4.16. The standard InChI is InChI=1S/C17H33N7O5S2/c1-8(2)12(15(27)23-11(7-31)16(28)29)24-14(26)10(4-3-5-21-17(19)20)22-13(25)9(18)6-30/h8-12,30-31H,3-7,18H2,1-2H3,(H,22,25)(H,23,27)(H,24,26)(H,28,29)(H4,19,20,21). The van der Waals surface area contributed by atoms with E-state index in [0.717, 1.165) is 0 Å². The van der Waals surface area contributed by atoms with Gasteiger partial charge < -0.3 is 38.3 Å². The van der Waals surface area contributed by atoms with Gasteiger partial charge in [0.25, 0.3) is 0 Å². The molecule has 10 N–H and O–H groups in total. The van der Waals surface area contributed by atoms with Gasteiger partial charge in [-0.3, -0.25) is 19.4 Å². The van der Waals surface area contributed by atoms with Gasteiger partial charge in [0.15, 0.2) is 5.96 Å². The number of rotatable bonds is 14. The lowest BCUT2D eigenvalue weighted by Gasteiger charge is -2.26. The van der Waals surface area contributed by atoms with Crippen molar-refractivity contribution in [3.05, 3.63) is 0 Å². The van der Waals surface area contributed by atoms with Gasteiger partial charge in [-0.1, -0.05) is 13.8 Å². The molecule has 0 aliphatic heterocycles. The zero-order valence-electron chi connectivity index (χ0n) is 17.6. The van der Waals surface area contributed by atoms with Crippen LogP contribution in [-0.2, 0) is 19.2 Å². The van der Waals surface area contributed by atoms with E-state index in [0.29, 0.717) is 6.42 Å². The summed E-state index contributed by atoms with van der Waals surface area (Å²) in [5.41, 5.74) is 16.2. The second-order valence-corrected chi connectivity index (χ2v) is 7.84. The van der Waals surface area contributed by atoms with Crippen LogP contribution in [0.25, 0.3) is 0 Å². The number of carbonyl (C=O) groups excluding carboxylic acids is 3. The second-order valence-electron chi connectivity index (χ2n) is 7.11. The van der Waals surface area contributed by atoms with Crippen LogP contribution in [0.5, 0.6) is 0 Å². The SMILES string of the molecule is CC(C)C(NC(=O)C(CCCN=C(N)N)NC(=O)C(N)CS)C(=O)NC(CS)C(=O)O. The molecule has 0 rings (SSSR count). The molecule has 0 saturated carbocycles. The van der Waals surface area contributed by atoms with Crippen molar-refractivity contribution in [3.8, 4) is 0 Å². The maximum Gasteiger partial charge on any atom is 0.327 e. The highest BCUT2D eigenvalue weighted by molar-refractivity contribution is 7.80. The van der Waals surface area contributed by atoms with Crippen LogP contribution in [0.3, 0.4) is 0 Å². The molecule has 0 radical (unpaired) electrons. The van der Waals surface area contributed by atoms with Crippen LogP contribution in [0.4, 0.5) is 0 Å². The van der Waals surface area contributed by atoms with Gasteiger partial charge >= 0.3 is 5.97 Å². The monoisotopic (exact) mass is 479 g/mol. The van der Waals surface area contributed by atoms with E-state index in [4.69, 9.17) is 22.3 Å². The lowest BCUT2D eigenvalue weighted by Crippen LogP contribution is -2.58. The number of nitrogens with one attached hydrogen (secondary N) is 3. The van der Waals surface area contributed by atoms with Crippen molar-refractivity contribution >= 4 is 54.9 Å². The number of nitrogens with two attached hydrogens (primary N) is 3. The number of carbonyl (C=O) groups is 4. The molecule has 0 aliphatic carbocycles. The molecule has 0 aromatic carbocycles. The summed E-state index contributed by atoms with van der Waals surface area (Å²) in [6.07, 6.45) is 0.542. The molecule has 0 bridgehead atoms. The molecular formula is C17H33N7O5S2. The molecule has 31 heavy (non-hydrogen) atoms. The summed E-state index contributed by atoms with van der Waals surface area (Å²) in [5, 5.41) is 16.5. The topological polar surface area (TPSA) is 215 Å². The molecule has 0 saturated heterocycles. The first-order chi connectivity index (χ1) is 14.4. The van der Waals surface area contributed by atoms with E-state index in [2.05, 4.69) is 46.2 Å². The lowest BCUT2D eigenvalue weighted by atomic mass is 10.0. The summed E-state index contributed by atoms with van der Waals surface area (Å²) >= 11 is 7.87. The number of guanidine groups is 1. The number of carboxylic acids is 1. The van der Waals surface area contributed by atoms with E-state index in [-0.39, 0.29) is 36.3 Å². The average molecular weight is 480 g/mol. The second kappa shape index (κ2) is 14.8. The van der Waals surface area contributed by atoms with Crippen LogP contribution >= 0.6 is 25.3 Å². The van der Waals surface area contributed by atoms with Gasteiger partial charge in [0.2, 0.25) is 17.7 Å². The smallest absolute Gasteiger partial charge is 0.327 e. The Morgan fingerprint density at radius 2 is 1.52 bits per heavy atom. The van der Waals surface area contributed by atoms with Crippen molar-refractivity contribution in [2.45, 2.75) is 50.9 Å². The number of amides is 3. The Kier molecular flexibility index (Phi) is 13.7. The highest BCUT2D eigenvalue weighted by atomic mass is 32.1. The Morgan fingerprint density at radius 3 is 1.97 bits per heavy atom. The van der Waals surface area contributed by atoms with E-state index >= 15 is 0 Å². The summed E-state index contributed by atoms with van der Waals surface area (Å²) in [6, 6.07) is -4.18. The van der Waals surface area contributed by atoms with Crippen LogP contribution in [0.1, 0.15) is 26.7 Å². The third-order valence-corrected chi connectivity index (χ3v) is 4.91. The highest BCUT2D eigenvalue weighted by Crippen LogP contribution is 2.06. The highest BCUT2D eigenvalue weighted by Gasteiger charge is 2.31. The van der Waals surface area contributed by atoms with E-state index in [1.165, 1.54) is 0 Å². The van der Waals surface area contributed by atoms with Gasteiger partial charge in [-0.15, -0.1) is 0 Å². The summed E-state index contributed by atoms with van der Waals surface area (Å²) < 4.78 is 0. The van der Waals surface area contributed by atoms with Crippen molar-refractivity contribution in [2.24, 2.45) is 28.1 Å². The number of aliphatic carboxylic acids is 1. The van der Waals surface area contributed by atoms with E-state index in [1.807, 2.05) is 0 Å². The van der Waals surface area contributed by atoms with Crippen LogP contribution < -0.4 is 33.2 Å². The van der Waals surface area contributed by atoms with Crippen molar-refractivity contribution in [3.63, 3.8) is 0 Å². The molecule has 0 aromatic rings. The lowest BCUT2D eigenvalue weighted by molar-refractivity contribution is -0.142. The Balaban J connectivity index is 5.36. The van der Waals surface area contributed by atoms with Crippen molar-refractivity contribution in [1.82, 2.24) is 16.0 Å². The number of carboxylic acid groups (broad SMARTS) is 1. The van der Waals surface area contributed by atoms with Gasteiger partial charge in [0.1, 0.15) is 18.1 Å². The number of hydrogen-bond acceptors (Lipinski definition) is 8. The molecule has 3 amide bonds. The van der Waals surface area contributed by atoms with Crippen molar-refractivity contribution in [1.29, 1.82) is 0 Å². The first kappa shape index (κ1) is 28.8. The molecule has 178 valence electrons. The minimum Gasteiger partial charge on any atom is -0.480 e. The maximum atomic E-state index is 12.8. The molecule has 0 fully saturated rings. The Bertz CT molecular complexity index is 659. The van der Waals surface area contributed by atoms with Crippen LogP contribution in [0.2, 0.25) is 0 Å². The number of thiol groups is 2. The van der Waals surface area contributed by atoms with Gasteiger partial charge in [-0.05, 0) is 18.8 Å². The Morgan fingerprint density at radius 1 is 0.935 bits per heavy atom. The predicted molar refractivity (Wildman–Crippen MR) is 124 cm³/mol. The summed E-state index contributed by atoms with van der Waals surface area (Å²) in [4.78, 5) is 52.5. The van der Waals surface area contributed by atoms with Crippen molar-refractivity contribution < 1.29 is 24.3 Å². The summed E-state index contributed by atoms with van der Waals surface area (Å²) in [7, 11) is 0. The third kappa shape index (κ3) is 11.1. The van der Waals surface area contributed by atoms with E-state index < -0.39 is 47.9 Å². The van der Waals surface area contributed by atoms with Crippen molar-refractivity contribution in [2.75, 3.05) is 18.1 Å². The van der Waals surface area contributed by atoms with Gasteiger partial charge in [0, 0.05) is 18.1 Å². The molecule has 0 heterocycles. The maximum absolute atomic E-state index is 12.8. The molecule has 4 unspecified atom stereocenters. The zero-order valence-corrected chi connectivity index (χ0v) is 19.4. The fourth-order valence-corrected chi connectivity index (χ4v) is 2.78. The average Bonchev–Trinajstić information content (AvgIpc) is 2.70. The molecule has 4 atom stereocenters. The number of nitrogens with zero attached hydrogens (tertiary/aromatic N) is 1. The molecular weight excluding hydrogens is 446 g/mol. The molecule has 12 nitrogen and oxygen atoms in total.